The van der Waals surface area contributed by atoms with Crippen molar-refractivity contribution in [3.63, 3.8) is 0 Å². The minimum Gasteiger partial charge on any atom is -0.303 e. The minimum absolute atomic E-state index is 0.258. The number of carbonyl (C=O) groups excluding carboxylic acids is 2. The van der Waals surface area contributed by atoms with Gasteiger partial charge in [0.2, 0.25) is 0 Å². The van der Waals surface area contributed by atoms with Crippen molar-refractivity contribution >= 4 is 18.6 Å². The van der Waals surface area contributed by atoms with E-state index in [4.69, 9.17) is 0 Å². The molecule has 0 aromatic heterocycles. The molecular weight excluding hydrogens is 432 g/mol. The second kappa shape index (κ2) is 14.1. The number of nitrogens with zero attached hydrogens (tertiary/aromatic N) is 2. The molecule has 3 rings (SSSR count). The zero-order chi connectivity index (χ0) is 25.0. The van der Waals surface area contributed by atoms with Gasteiger partial charge in [0, 0.05) is 19.5 Å². The SMILES string of the molecule is C=Cc1cccc(CCc2ccc(CN3CCCC(C)CC3)cc2)c1CN(C)C(C=O)CCC=O. The second-order valence-electron chi connectivity index (χ2n) is 10.2. The summed E-state index contributed by atoms with van der Waals surface area (Å²) in [5, 5.41) is 0. The molecule has 0 amide bonds. The van der Waals surface area contributed by atoms with Crippen molar-refractivity contribution in [1.82, 2.24) is 9.80 Å². The van der Waals surface area contributed by atoms with Gasteiger partial charge in [-0.3, -0.25) is 9.80 Å². The summed E-state index contributed by atoms with van der Waals surface area (Å²) in [7, 11) is 1.96. The maximum absolute atomic E-state index is 11.6. The van der Waals surface area contributed by atoms with E-state index in [1.807, 2.05) is 18.0 Å². The summed E-state index contributed by atoms with van der Waals surface area (Å²) in [5.41, 5.74) is 6.36. The van der Waals surface area contributed by atoms with E-state index in [9.17, 15) is 9.59 Å². The van der Waals surface area contributed by atoms with E-state index in [2.05, 4.69) is 60.9 Å². The van der Waals surface area contributed by atoms with Gasteiger partial charge in [-0.05, 0) is 92.4 Å². The Labute approximate surface area is 212 Å². The van der Waals surface area contributed by atoms with Crippen molar-refractivity contribution < 1.29 is 9.59 Å². The van der Waals surface area contributed by atoms with E-state index in [1.54, 1.807) is 0 Å². The molecule has 1 aliphatic rings. The number of aldehydes is 2. The molecule has 4 heteroatoms. The fraction of sp³-hybridized carbons (Fsp3) is 0.484. The number of rotatable bonds is 13. The van der Waals surface area contributed by atoms with Crippen LogP contribution in [-0.4, -0.2) is 48.6 Å². The highest BCUT2D eigenvalue weighted by atomic mass is 16.1. The smallest absolute Gasteiger partial charge is 0.137 e. The summed E-state index contributed by atoms with van der Waals surface area (Å²) < 4.78 is 0. The third-order valence-corrected chi connectivity index (χ3v) is 7.46. The van der Waals surface area contributed by atoms with Gasteiger partial charge in [0.25, 0.3) is 0 Å². The van der Waals surface area contributed by atoms with Crippen LogP contribution in [0.4, 0.5) is 0 Å². The monoisotopic (exact) mass is 474 g/mol. The van der Waals surface area contributed by atoms with Gasteiger partial charge in [-0.25, -0.2) is 0 Å². The summed E-state index contributed by atoms with van der Waals surface area (Å²) in [4.78, 5) is 27.0. The maximum Gasteiger partial charge on any atom is 0.137 e. The van der Waals surface area contributed by atoms with Crippen LogP contribution in [0.5, 0.6) is 0 Å². The molecule has 1 fully saturated rings. The molecule has 4 nitrogen and oxygen atoms in total. The third-order valence-electron chi connectivity index (χ3n) is 7.46. The van der Waals surface area contributed by atoms with Crippen molar-refractivity contribution in [2.45, 2.75) is 71.0 Å². The standard InChI is InChI=1S/C31H42N2O2/c1-4-28-9-5-10-29(31(28)23-32(3)30(24-35)11-7-21-34)17-16-26-12-14-27(15-13-26)22-33-19-6-8-25(2)18-20-33/h4-5,9-10,12-15,21,24-25,30H,1,6-8,11,16-20,22-23H2,2-3H3. The van der Waals surface area contributed by atoms with Crippen LogP contribution in [0, 0.1) is 5.92 Å². The lowest BCUT2D eigenvalue weighted by Gasteiger charge is -2.25. The first-order valence-electron chi connectivity index (χ1n) is 13.2. The molecule has 2 unspecified atom stereocenters. The largest absolute Gasteiger partial charge is 0.303 e. The molecule has 2 aromatic carbocycles. The Kier molecular flexibility index (Phi) is 10.9. The van der Waals surface area contributed by atoms with Gasteiger partial charge < -0.3 is 9.59 Å². The fourth-order valence-corrected chi connectivity index (χ4v) is 5.10. The highest BCUT2D eigenvalue weighted by molar-refractivity contribution is 5.60. The van der Waals surface area contributed by atoms with Crippen LogP contribution in [0.15, 0.2) is 49.0 Å². The molecule has 0 saturated carbocycles. The van der Waals surface area contributed by atoms with Gasteiger partial charge in [0.15, 0.2) is 0 Å². The first-order chi connectivity index (χ1) is 17.0. The Morgan fingerprint density at radius 3 is 2.54 bits per heavy atom. The first-order valence-corrected chi connectivity index (χ1v) is 13.2. The number of likely N-dealkylation sites (N-methyl/N-ethyl adjacent to an activating group) is 1. The van der Waals surface area contributed by atoms with Crippen LogP contribution in [0.1, 0.15) is 66.8 Å². The molecule has 0 radical (unpaired) electrons. The molecule has 1 heterocycles. The van der Waals surface area contributed by atoms with Gasteiger partial charge in [0.05, 0.1) is 6.04 Å². The molecular formula is C31H42N2O2. The third kappa shape index (κ3) is 8.26. The molecule has 1 aliphatic heterocycles. The van der Waals surface area contributed by atoms with Crippen molar-refractivity contribution in [3.8, 4) is 0 Å². The van der Waals surface area contributed by atoms with Gasteiger partial charge in [-0.1, -0.05) is 62.0 Å². The number of aryl methyl sites for hydroxylation is 2. The second-order valence-corrected chi connectivity index (χ2v) is 10.2. The zero-order valence-electron chi connectivity index (χ0n) is 21.6. The Bertz CT molecular complexity index is 953. The summed E-state index contributed by atoms with van der Waals surface area (Å²) >= 11 is 0. The minimum atomic E-state index is -0.258. The van der Waals surface area contributed by atoms with Crippen molar-refractivity contribution in [3.05, 3.63) is 76.9 Å². The van der Waals surface area contributed by atoms with Crippen LogP contribution in [-0.2, 0) is 35.5 Å². The highest BCUT2D eigenvalue weighted by Crippen LogP contribution is 2.22. The Balaban J connectivity index is 1.63. The van der Waals surface area contributed by atoms with Gasteiger partial charge >= 0.3 is 0 Å². The average Bonchev–Trinajstić information content (AvgIpc) is 3.08. The predicted molar refractivity (Wildman–Crippen MR) is 145 cm³/mol. The van der Waals surface area contributed by atoms with E-state index in [0.717, 1.165) is 43.4 Å². The molecule has 0 spiro atoms. The molecule has 2 aromatic rings. The van der Waals surface area contributed by atoms with Gasteiger partial charge in [-0.2, -0.15) is 0 Å². The number of likely N-dealkylation sites (tertiary alicyclic amines) is 1. The van der Waals surface area contributed by atoms with Gasteiger partial charge in [0.1, 0.15) is 12.6 Å². The summed E-state index contributed by atoms with van der Waals surface area (Å²) in [5.74, 6) is 0.854. The van der Waals surface area contributed by atoms with Crippen LogP contribution < -0.4 is 0 Å². The van der Waals surface area contributed by atoms with Crippen LogP contribution in [0.2, 0.25) is 0 Å². The van der Waals surface area contributed by atoms with E-state index in [1.165, 1.54) is 54.6 Å². The van der Waals surface area contributed by atoms with Crippen molar-refractivity contribution in [2.24, 2.45) is 5.92 Å². The Morgan fingerprint density at radius 1 is 1.06 bits per heavy atom. The topological polar surface area (TPSA) is 40.6 Å². The Hall–Kier alpha value is -2.56. The molecule has 188 valence electrons. The summed E-state index contributed by atoms with van der Waals surface area (Å²) in [6.07, 6.45) is 10.6. The van der Waals surface area contributed by atoms with E-state index >= 15 is 0 Å². The summed E-state index contributed by atoms with van der Waals surface area (Å²) in [6, 6.07) is 15.2. The quantitative estimate of drug-likeness (QED) is 0.348. The lowest BCUT2D eigenvalue weighted by molar-refractivity contribution is -0.113. The van der Waals surface area contributed by atoms with Crippen LogP contribution in [0.3, 0.4) is 0 Å². The fourth-order valence-electron chi connectivity index (χ4n) is 5.10. The average molecular weight is 475 g/mol. The maximum atomic E-state index is 11.6. The summed E-state index contributed by atoms with van der Waals surface area (Å²) in [6.45, 7) is 10.5. The number of benzene rings is 2. The molecule has 35 heavy (non-hydrogen) atoms. The lowest BCUT2D eigenvalue weighted by atomic mass is 9.94. The number of carbonyl (C=O) groups is 2. The number of hydrogen-bond acceptors (Lipinski definition) is 4. The van der Waals surface area contributed by atoms with E-state index in [-0.39, 0.29) is 6.04 Å². The predicted octanol–water partition coefficient (Wildman–Crippen LogP) is 5.72. The van der Waals surface area contributed by atoms with E-state index < -0.39 is 0 Å². The van der Waals surface area contributed by atoms with E-state index in [0.29, 0.717) is 19.4 Å². The number of hydrogen-bond donors (Lipinski definition) is 0. The zero-order valence-corrected chi connectivity index (χ0v) is 21.6. The molecule has 0 N–H and O–H groups in total. The first kappa shape index (κ1) is 27.0. The molecule has 0 bridgehead atoms. The van der Waals surface area contributed by atoms with Crippen LogP contribution >= 0.6 is 0 Å². The molecule has 2 atom stereocenters. The van der Waals surface area contributed by atoms with Gasteiger partial charge in [-0.15, -0.1) is 0 Å². The normalized spacial score (nSPS) is 17.6. The lowest BCUT2D eigenvalue weighted by Crippen LogP contribution is -2.33. The van der Waals surface area contributed by atoms with Crippen molar-refractivity contribution in [2.75, 3.05) is 20.1 Å². The molecule has 0 aliphatic carbocycles. The van der Waals surface area contributed by atoms with Crippen LogP contribution in [0.25, 0.3) is 6.08 Å². The molecule has 1 saturated heterocycles. The van der Waals surface area contributed by atoms with Crippen molar-refractivity contribution in [1.29, 1.82) is 0 Å². The Morgan fingerprint density at radius 2 is 1.83 bits per heavy atom. The highest BCUT2D eigenvalue weighted by Gasteiger charge is 2.17.